The van der Waals surface area contributed by atoms with Crippen LogP contribution in [0.3, 0.4) is 0 Å². The summed E-state index contributed by atoms with van der Waals surface area (Å²) in [5.41, 5.74) is 6.68. The summed E-state index contributed by atoms with van der Waals surface area (Å²) in [6.07, 6.45) is 2.53. The highest BCUT2D eigenvalue weighted by atomic mass is 32.1. The Morgan fingerprint density at radius 1 is 1.39 bits per heavy atom. The summed E-state index contributed by atoms with van der Waals surface area (Å²) in [5.74, 6) is 0.551. The van der Waals surface area contributed by atoms with E-state index in [2.05, 4.69) is 0 Å². The van der Waals surface area contributed by atoms with Crippen LogP contribution < -0.4 is 5.73 Å². The second-order valence-corrected chi connectivity index (χ2v) is 5.92. The molecule has 1 saturated carbocycles. The zero-order valence-corrected chi connectivity index (χ0v) is 10.9. The molecule has 1 aromatic carbocycles. The van der Waals surface area contributed by atoms with Gasteiger partial charge in [-0.2, -0.15) is 0 Å². The predicted octanol–water partition coefficient (Wildman–Crippen LogP) is 3.43. The summed E-state index contributed by atoms with van der Waals surface area (Å²) in [6.45, 7) is 1.71. The second kappa shape index (κ2) is 4.96. The average Bonchev–Trinajstić information content (AvgIpc) is 3.11. The standard InChI is InChI=1S/C14H16FNOS/c15-11-2-1-3-12-14(11)10(13(6-16)18-12)8-17-7-9-4-5-9/h1-3,9H,4-8,16H2. The van der Waals surface area contributed by atoms with Gasteiger partial charge in [0.05, 0.1) is 6.61 Å². The van der Waals surface area contributed by atoms with E-state index in [0.29, 0.717) is 18.5 Å². The number of hydrogen-bond donors (Lipinski definition) is 1. The maximum absolute atomic E-state index is 13.9. The molecule has 0 radical (unpaired) electrons. The molecular formula is C14H16FNOS. The number of hydrogen-bond acceptors (Lipinski definition) is 3. The largest absolute Gasteiger partial charge is 0.376 e. The fourth-order valence-electron chi connectivity index (χ4n) is 2.15. The molecule has 4 heteroatoms. The molecule has 0 bridgehead atoms. The first-order valence-corrected chi connectivity index (χ1v) is 7.08. The molecule has 3 rings (SSSR count). The van der Waals surface area contributed by atoms with E-state index in [-0.39, 0.29) is 5.82 Å². The molecule has 1 aliphatic rings. The molecule has 0 unspecified atom stereocenters. The number of fused-ring (bicyclic) bond motifs is 1. The molecule has 0 saturated heterocycles. The molecule has 96 valence electrons. The van der Waals surface area contributed by atoms with E-state index in [1.165, 1.54) is 18.9 Å². The number of nitrogens with two attached hydrogens (primary N) is 1. The molecule has 2 aromatic rings. The minimum absolute atomic E-state index is 0.173. The lowest BCUT2D eigenvalue weighted by Gasteiger charge is -2.05. The highest BCUT2D eigenvalue weighted by Crippen LogP contribution is 2.34. The van der Waals surface area contributed by atoms with Gasteiger partial charge in [-0.25, -0.2) is 4.39 Å². The maximum Gasteiger partial charge on any atom is 0.132 e. The van der Waals surface area contributed by atoms with Crippen molar-refractivity contribution >= 4 is 21.4 Å². The third-order valence-corrected chi connectivity index (χ3v) is 4.55. The lowest BCUT2D eigenvalue weighted by Crippen LogP contribution is -2.02. The summed E-state index contributed by atoms with van der Waals surface area (Å²) in [6, 6.07) is 5.18. The first kappa shape index (κ1) is 12.1. The molecule has 0 aliphatic heterocycles. The second-order valence-electron chi connectivity index (χ2n) is 4.78. The fraction of sp³-hybridized carbons (Fsp3) is 0.429. The van der Waals surface area contributed by atoms with Gasteiger partial charge in [0.15, 0.2) is 0 Å². The summed E-state index contributed by atoms with van der Waals surface area (Å²) >= 11 is 1.57. The van der Waals surface area contributed by atoms with Crippen molar-refractivity contribution in [1.82, 2.24) is 0 Å². The maximum atomic E-state index is 13.9. The van der Waals surface area contributed by atoms with Gasteiger partial charge in [-0.1, -0.05) is 6.07 Å². The van der Waals surface area contributed by atoms with Crippen molar-refractivity contribution in [2.75, 3.05) is 6.61 Å². The van der Waals surface area contributed by atoms with E-state index in [0.717, 1.165) is 27.7 Å². The van der Waals surface area contributed by atoms with Crippen LogP contribution in [-0.4, -0.2) is 6.61 Å². The Balaban J connectivity index is 1.90. The van der Waals surface area contributed by atoms with Crippen LogP contribution in [0.5, 0.6) is 0 Å². The van der Waals surface area contributed by atoms with E-state index >= 15 is 0 Å². The molecule has 1 aliphatic carbocycles. The van der Waals surface area contributed by atoms with E-state index in [9.17, 15) is 4.39 Å². The van der Waals surface area contributed by atoms with Crippen LogP contribution in [-0.2, 0) is 17.9 Å². The molecule has 2 N–H and O–H groups in total. The van der Waals surface area contributed by atoms with Crippen LogP contribution in [0.15, 0.2) is 18.2 Å². The van der Waals surface area contributed by atoms with Gasteiger partial charge >= 0.3 is 0 Å². The number of benzene rings is 1. The van der Waals surface area contributed by atoms with Crippen molar-refractivity contribution in [3.63, 3.8) is 0 Å². The Kier molecular flexibility index (Phi) is 3.33. The van der Waals surface area contributed by atoms with Crippen molar-refractivity contribution in [2.24, 2.45) is 11.7 Å². The molecule has 0 amide bonds. The quantitative estimate of drug-likeness (QED) is 0.899. The van der Waals surface area contributed by atoms with E-state index < -0.39 is 0 Å². The Bertz CT molecular complexity index is 562. The first-order valence-electron chi connectivity index (χ1n) is 6.26. The summed E-state index contributed by atoms with van der Waals surface area (Å²) in [7, 11) is 0. The monoisotopic (exact) mass is 265 g/mol. The molecule has 1 aromatic heterocycles. The zero-order valence-electron chi connectivity index (χ0n) is 10.1. The number of halogens is 1. The van der Waals surface area contributed by atoms with Gasteiger partial charge in [0.25, 0.3) is 0 Å². The Labute approximate surface area is 110 Å². The van der Waals surface area contributed by atoms with Gasteiger partial charge < -0.3 is 10.5 Å². The van der Waals surface area contributed by atoms with Crippen molar-refractivity contribution in [2.45, 2.75) is 26.0 Å². The fourth-order valence-corrected chi connectivity index (χ4v) is 3.25. The highest BCUT2D eigenvalue weighted by molar-refractivity contribution is 7.19. The van der Waals surface area contributed by atoms with E-state index in [1.54, 1.807) is 17.4 Å². The van der Waals surface area contributed by atoms with Gasteiger partial charge in [0.2, 0.25) is 0 Å². The third-order valence-electron chi connectivity index (χ3n) is 3.33. The smallest absolute Gasteiger partial charge is 0.132 e. The van der Waals surface area contributed by atoms with Gasteiger partial charge in [0.1, 0.15) is 5.82 Å². The SMILES string of the molecule is NCc1sc2cccc(F)c2c1COCC1CC1. The Morgan fingerprint density at radius 2 is 2.22 bits per heavy atom. The number of rotatable bonds is 5. The summed E-state index contributed by atoms with van der Waals surface area (Å²) < 4.78 is 20.6. The van der Waals surface area contributed by atoms with Gasteiger partial charge in [-0.05, 0) is 30.9 Å². The van der Waals surface area contributed by atoms with Gasteiger partial charge in [-0.15, -0.1) is 11.3 Å². The molecular weight excluding hydrogens is 249 g/mol. The van der Waals surface area contributed by atoms with Crippen molar-refractivity contribution in [3.05, 3.63) is 34.5 Å². The number of thiophene rings is 1. The molecule has 0 atom stereocenters. The Hall–Kier alpha value is -0.970. The van der Waals surface area contributed by atoms with Crippen LogP contribution in [0.4, 0.5) is 4.39 Å². The molecule has 18 heavy (non-hydrogen) atoms. The van der Waals surface area contributed by atoms with Crippen LogP contribution in [0.1, 0.15) is 23.3 Å². The van der Waals surface area contributed by atoms with Crippen LogP contribution >= 0.6 is 11.3 Å². The van der Waals surface area contributed by atoms with Crippen LogP contribution in [0, 0.1) is 11.7 Å². The molecule has 1 heterocycles. The van der Waals surface area contributed by atoms with E-state index in [4.69, 9.17) is 10.5 Å². The number of ether oxygens (including phenoxy) is 1. The topological polar surface area (TPSA) is 35.2 Å². The minimum atomic E-state index is -0.173. The van der Waals surface area contributed by atoms with E-state index in [1.807, 2.05) is 6.07 Å². The molecule has 0 spiro atoms. The molecule has 2 nitrogen and oxygen atoms in total. The summed E-state index contributed by atoms with van der Waals surface area (Å²) in [5, 5.41) is 0.693. The van der Waals surface area contributed by atoms with Crippen LogP contribution in [0.2, 0.25) is 0 Å². The minimum Gasteiger partial charge on any atom is -0.376 e. The van der Waals surface area contributed by atoms with Crippen molar-refractivity contribution in [1.29, 1.82) is 0 Å². The summed E-state index contributed by atoms with van der Waals surface area (Å²) in [4.78, 5) is 1.03. The normalized spacial score (nSPS) is 15.4. The van der Waals surface area contributed by atoms with Crippen molar-refractivity contribution in [3.8, 4) is 0 Å². The molecule has 1 fully saturated rings. The highest BCUT2D eigenvalue weighted by Gasteiger charge is 2.22. The third kappa shape index (κ3) is 2.28. The average molecular weight is 265 g/mol. The lowest BCUT2D eigenvalue weighted by atomic mass is 10.1. The lowest BCUT2D eigenvalue weighted by molar-refractivity contribution is 0.112. The Morgan fingerprint density at radius 3 is 2.94 bits per heavy atom. The van der Waals surface area contributed by atoms with Gasteiger partial charge in [-0.3, -0.25) is 0 Å². The van der Waals surface area contributed by atoms with Crippen LogP contribution in [0.25, 0.3) is 10.1 Å². The van der Waals surface area contributed by atoms with Crippen molar-refractivity contribution < 1.29 is 9.13 Å². The zero-order chi connectivity index (χ0) is 12.5. The predicted molar refractivity (Wildman–Crippen MR) is 72.1 cm³/mol. The van der Waals surface area contributed by atoms with Gasteiger partial charge in [0, 0.05) is 33.7 Å². The first-order chi connectivity index (χ1) is 8.79.